The molecule has 0 saturated heterocycles. The number of esters is 1. The van der Waals surface area contributed by atoms with E-state index in [4.69, 9.17) is 4.74 Å². The van der Waals surface area contributed by atoms with Crippen molar-refractivity contribution >= 4 is 11.9 Å². The summed E-state index contributed by atoms with van der Waals surface area (Å²) < 4.78 is 5.19. The van der Waals surface area contributed by atoms with Crippen LogP contribution >= 0.6 is 0 Å². The van der Waals surface area contributed by atoms with Gasteiger partial charge in [-0.05, 0) is 31.4 Å². The molecule has 1 amide bonds. The zero-order chi connectivity index (χ0) is 14.4. The van der Waals surface area contributed by atoms with E-state index >= 15 is 0 Å². The summed E-state index contributed by atoms with van der Waals surface area (Å²) in [5.74, 6) is -0.827. The predicted molar refractivity (Wildman–Crippen MR) is 73.1 cm³/mol. The number of rotatable bonds is 4. The quantitative estimate of drug-likeness (QED) is 0.812. The van der Waals surface area contributed by atoms with Crippen molar-refractivity contribution in [1.82, 2.24) is 5.32 Å². The first-order valence-corrected chi connectivity index (χ1v) is 6.87. The average Bonchev–Trinajstić information content (AvgIpc) is 2.48. The highest BCUT2D eigenvalue weighted by Crippen LogP contribution is 2.21. The number of carbonyl (C=O) groups is 2. The maximum atomic E-state index is 11.7. The van der Waals surface area contributed by atoms with Crippen molar-refractivity contribution in [2.24, 2.45) is 0 Å². The van der Waals surface area contributed by atoms with Gasteiger partial charge in [0, 0.05) is 5.56 Å². The van der Waals surface area contributed by atoms with Crippen LogP contribution in [0.25, 0.3) is 0 Å². The van der Waals surface area contributed by atoms with Crippen LogP contribution in [0.2, 0.25) is 0 Å². The Morgan fingerprint density at radius 3 is 2.60 bits per heavy atom. The first-order valence-electron chi connectivity index (χ1n) is 6.87. The zero-order valence-corrected chi connectivity index (χ0v) is 11.2. The van der Waals surface area contributed by atoms with Crippen LogP contribution in [0, 0.1) is 0 Å². The number of carbonyl (C=O) groups excluding carboxylic acids is 2. The molecule has 2 atom stereocenters. The summed E-state index contributed by atoms with van der Waals surface area (Å²) in [6.45, 7) is -0.184. The Morgan fingerprint density at radius 1 is 1.20 bits per heavy atom. The van der Waals surface area contributed by atoms with Gasteiger partial charge in [-0.1, -0.05) is 24.6 Å². The fourth-order valence-electron chi connectivity index (χ4n) is 2.27. The van der Waals surface area contributed by atoms with Gasteiger partial charge in [0.25, 0.3) is 5.91 Å². The molecule has 0 aromatic heterocycles. The molecule has 2 unspecified atom stereocenters. The smallest absolute Gasteiger partial charge is 0.325 e. The van der Waals surface area contributed by atoms with E-state index in [2.05, 4.69) is 5.32 Å². The van der Waals surface area contributed by atoms with E-state index in [1.54, 1.807) is 24.3 Å². The van der Waals surface area contributed by atoms with Gasteiger partial charge in [0.2, 0.25) is 0 Å². The Morgan fingerprint density at radius 2 is 1.90 bits per heavy atom. The third-order valence-electron chi connectivity index (χ3n) is 3.38. The lowest BCUT2D eigenvalue weighted by atomic mass is 9.95. The molecule has 1 fully saturated rings. The van der Waals surface area contributed by atoms with Crippen LogP contribution in [0.15, 0.2) is 30.3 Å². The highest BCUT2D eigenvalue weighted by Gasteiger charge is 2.26. The molecule has 1 aromatic rings. The lowest BCUT2D eigenvalue weighted by Gasteiger charge is -2.27. The van der Waals surface area contributed by atoms with Crippen LogP contribution in [-0.4, -0.2) is 35.7 Å². The zero-order valence-electron chi connectivity index (χ0n) is 11.2. The fourth-order valence-corrected chi connectivity index (χ4v) is 2.27. The van der Waals surface area contributed by atoms with E-state index in [-0.39, 0.29) is 12.5 Å². The van der Waals surface area contributed by atoms with Gasteiger partial charge in [-0.3, -0.25) is 9.59 Å². The van der Waals surface area contributed by atoms with Gasteiger partial charge in [-0.2, -0.15) is 0 Å². The first kappa shape index (κ1) is 14.5. The minimum absolute atomic E-state index is 0.184. The van der Waals surface area contributed by atoms with Gasteiger partial charge in [0.05, 0.1) is 6.10 Å². The SMILES string of the molecule is O=C(CNC(=O)c1ccccc1)OC1CCCCC1O. The standard InChI is InChI=1S/C15H19NO4/c17-12-8-4-5-9-13(12)20-14(18)10-16-15(19)11-6-2-1-3-7-11/h1-3,6-7,12-13,17H,4-5,8-10H2,(H,16,19). The molecule has 1 aromatic carbocycles. The Balaban J connectivity index is 1.76. The number of aliphatic hydroxyl groups excluding tert-OH is 1. The van der Waals surface area contributed by atoms with Gasteiger partial charge in [0.1, 0.15) is 12.6 Å². The van der Waals surface area contributed by atoms with E-state index in [0.29, 0.717) is 18.4 Å². The van der Waals surface area contributed by atoms with Crippen molar-refractivity contribution in [2.45, 2.75) is 37.9 Å². The maximum absolute atomic E-state index is 11.7. The second-order valence-corrected chi connectivity index (χ2v) is 4.93. The van der Waals surface area contributed by atoms with E-state index in [1.807, 2.05) is 6.07 Å². The molecule has 0 heterocycles. The summed E-state index contributed by atoms with van der Waals surface area (Å²) in [7, 11) is 0. The third-order valence-corrected chi connectivity index (χ3v) is 3.38. The van der Waals surface area contributed by atoms with Crippen molar-refractivity contribution in [3.63, 3.8) is 0 Å². The molecule has 20 heavy (non-hydrogen) atoms. The van der Waals surface area contributed by atoms with Crippen LogP contribution < -0.4 is 5.32 Å². The maximum Gasteiger partial charge on any atom is 0.325 e. The lowest BCUT2D eigenvalue weighted by molar-refractivity contribution is -0.156. The van der Waals surface area contributed by atoms with E-state index in [9.17, 15) is 14.7 Å². The molecule has 108 valence electrons. The first-order chi connectivity index (χ1) is 9.66. The van der Waals surface area contributed by atoms with Gasteiger partial charge in [-0.25, -0.2) is 0 Å². The van der Waals surface area contributed by atoms with E-state index in [0.717, 1.165) is 12.8 Å². The van der Waals surface area contributed by atoms with Crippen molar-refractivity contribution in [3.8, 4) is 0 Å². The van der Waals surface area contributed by atoms with E-state index < -0.39 is 18.2 Å². The minimum Gasteiger partial charge on any atom is -0.458 e. The highest BCUT2D eigenvalue weighted by molar-refractivity contribution is 5.95. The summed E-state index contributed by atoms with van der Waals surface area (Å²) in [5, 5.41) is 12.2. The van der Waals surface area contributed by atoms with Gasteiger partial charge < -0.3 is 15.2 Å². The molecule has 0 spiro atoms. The monoisotopic (exact) mass is 277 g/mol. The van der Waals surface area contributed by atoms with Crippen molar-refractivity contribution in [1.29, 1.82) is 0 Å². The number of hydrogen-bond donors (Lipinski definition) is 2. The molecule has 0 bridgehead atoms. The van der Waals surface area contributed by atoms with Crippen molar-refractivity contribution in [3.05, 3.63) is 35.9 Å². The molecular formula is C15H19NO4. The Kier molecular flexibility index (Phi) is 5.12. The molecular weight excluding hydrogens is 258 g/mol. The van der Waals surface area contributed by atoms with Crippen LogP contribution in [0.1, 0.15) is 36.0 Å². The van der Waals surface area contributed by atoms with E-state index in [1.165, 1.54) is 0 Å². The van der Waals surface area contributed by atoms with Gasteiger partial charge >= 0.3 is 5.97 Å². The predicted octanol–water partition coefficient (Wildman–Crippen LogP) is 1.26. The number of hydrogen-bond acceptors (Lipinski definition) is 4. The Bertz CT molecular complexity index is 460. The fraction of sp³-hybridized carbons (Fsp3) is 0.467. The Hall–Kier alpha value is -1.88. The van der Waals surface area contributed by atoms with Crippen LogP contribution in [0.3, 0.4) is 0 Å². The van der Waals surface area contributed by atoms with Crippen molar-refractivity contribution in [2.75, 3.05) is 6.54 Å². The minimum atomic E-state index is -0.586. The summed E-state index contributed by atoms with van der Waals surface area (Å²) in [4.78, 5) is 23.4. The summed E-state index contributed by atoms with van der Waals surface area (Å²) in [6.07, 6.45) is 2.22. The summed E-state index contributed by atoms with van der Waals surface area (Å²) in [5.41, 5.74) is 0.498. The third kappa shape index (κ3) is 4.06. The largest absolute Gasteiger partial charge is 0.458 e. The molecule has 1 aliphatic carbocycles. The van der Waals surface area contributed by atoms with Crippen LogP contribution in [0.5, 0.6) is 0 Å². The molecule has 5 nitrogen and oxygen atoms in total. The molecule has 1 aliphatic rings. The molecule has 0 aliphatic heterocycles. The number of benzene rings is 1. The van der Waals surface area contributed by atoms with Crippen LogP contribution in [-0.2, 0) is 9.53 Å². The molecule has 1 saturated carbocycles. The molecule has 2 N–H and O–H groups in total. The summed E-state index contributed by atoms with van der Waals surface area (Å²) in [6, 6.07) is 8.67. The highest BCUT2D eigenvalue weighted by atomic mass is 16.6. The molecule has 5 heteroatoms. The lowest BCUT2D eigenvalue weighted by Crippen LogP contribution is -2.38. The number of ether oxygens (including phenoxy) is 1. The second kappa shape index (κ2) is 7.05. The summed E-state index contributed by atoms with van der Waals surface area (Å²) >= 11 is 0. The Labute approximate surface area is 117 Å². The number of aliphatic hydroxyl groups is 1. The van der Waals surface area contributed by atoms with Gasteiger partial charge in [-0.15, -0.1) is 0 Å². The second-order valence-electron chi connectivity index (χ2n) is 4.93. The molecule has 0 radical (unpaired) electrons. The topological polar surface area (TPSA) is 75.6 Å². The average molecular weight is 277 g/mol. The number of amides is 1. The van der Waals surface area contributed by atoms with Crippen molar-refractivity contribution < 1.29 is 19.4 Å². The normalized spacial score (nSPS) is 22.1. The van der Waals surface area contributed by atoms with Crippen LogP contribution in [0.4, 0.5) is 0 Å². The van der Waals surface area contributed by atoms with Gasteiger partial charge in [0.15, 0.2) is 0 Å². The molecule has 2 rings (SSSR count). The number of nitrogens with one attached hydrogen (secondary N) is 1.